The quantitative estimate of drug-likeness (QED) is 0.736. The molecule has 2 aromatic rings. The van der Waals surface area contributed by atoms with Gasteiger partial charge in [-0.1, -0.05) is 60.2 Å². The van der Waals surface area contributed by atoms with Gasteiger partial charge < -0.3 is 10.2 Å². The molecule has 6 nitrogen and oxygen atoms in total. The molecule has 31 heavy (non-hydrogen) atoms. The number of nitrogens with zero attached hydrogens (tertiary/aromatic N) is 3. The highest BCUT2D eigenvalue weighted by molar-refractivity contribution is 6.30. The Bertz CT molecular complexity index is 1130. The third-order valence-corrected chi connectivity index (χ3v) is 5.31. The predicted molar refractivity (Wildman–Crippen MR) is 124 cm³/mol. The van der Waals surface area contributed by atoms with Crippen LogP contribution < -0.4 is 5.32 Å². The van der Waals surface area contributed by atoms with Crippen LogP contribution in [0.2, 0.25) is 5.02 Å². The lowest BCUT2D eigenvalue weighted by Crippen LogP contribution is -2.40. The fourth-order valence-electron chi connectivity index (χ4n) is 3.38. The third-order valence-electron chi connectivity index (χ3n) is 5.06. The highest BCUT2D eigenvalue weighted by atomic mass is 35.5. The molecule has 1 unspecified atom stereocenters. The van der Waals surface area contributed by atoms with Crippen LogP contribution in [0.1, 0.15) is 11.1 Å². The Morgan fingerprint density at radius 3 is 2.61 bits per heavy atom. The van der Waals surface area contributed by atoms with Gasteiger partial charge in [0.25, 0.3) is 5.91 Å². The molecule has 3 amide bonds. The molecule has 1 aliphatic carbocycles. The Morgan fingerprint density at radius 1 is 1.06 bits per heavy atom. The smallest absolute Gasteiger partial charge is 0.313 e. The molecule has 0 spiro atoms. The van der Waals surface area contributed by atoms with E-state index in [2.05, 4.69) is 15.3 Å². The first-order valence-corrected chi connectivity index (χ1v) is 10.3. The summed E-state index contributed by atoms with van der Waals surface area (Å²) in [6.45, 7) is 2.34. The van der Waals surface area contributed by atoms with E-state index in [4.69, 9.17) is 11.6 Å². The van der Waals surface area contributed by atoms with E-state index in [1.54, 1.807) is 29.2 Å². The number of aliphatic imine (C=N–C) groups is 2. The second kappa shape index (κ2) is 9.10. The summed E-state index contributed by atoms with van der Waals surface area (Å²) in [4.78, 5) is 35.8. The summed E-state index contributed by atoms with van der Waals surface area (Å²) in [7, 11) is 0. The average molecular weight is 433 g/mol. The number of amidine groups is 1. The van der Waals surface area contributed by atoms with Gasteiger partial charge in [0.2, 0.25) is 0 Å². The Labute approximate surface area is 185 Å². The minimum Gasteiger partial charge on any atom is -0.313 e. The molecule has 0 aromatic heterocycles. The van der Waals surface area contributed by atoms with Gasteiger partial charge in [-0.3, -0.25) is 4.79 Å². The van der Waals surface area contributed by atoms with Crippen LogP contribution in [-0.4, -0.2) is 34.9 Å². The maximum Gasteiger partial charge on any atom is 0.322 e. The minimum absolute atomic E-state index is 0.0971. The largest absolute Gasteiger partial charge is 0.322 e. The van der Waals surface area contributed by atoms with Gasteiger partial charge >= 0.3 is 6.03 Å². The predicted octanol–water partition coefficient (Wildman–Crippen LogP) is 4.80. The highest BCUT2D eigenvalue weighted by Crippen LogP contribution is 2.19. The van der Waals surface area contributed by atoms with Crippen molar-refractivity contribution in [2.24, 2.45) is 15.9 Å². The van der Waals surface area contributed by atoms with Crippen molar-refractivity contribution in [3.63, 3.8) is 0 Å². The summed E-state index contributed by atoms with van der Waals surface area (Å²) in [5.74, 6) is -0.407. The number of hydrogen-bond acceptors (Lipinski definition) is 3. The third kappa shape index (κ3) is 4.98. The SMILES string of the molecule is Cc1ccccc1NC(=O)N(CC1=NC(=O)C2C=CC=CC2=N1)Cc1ccc(Cl)cc1. The van der Waals surface area contributed by atoms with E-state index in [0.29, 0.717) is 23.1 Å². The number of rotatable bonds is 5. The fraction of sp³-hybridized carbons (Fsp3) is 0.167. The van der Waals surface area contributed by atoms with E-state index in [0.717, 1.165) is 16.8 Å². The Hall–Kier alpha value is -3.51. The number of nitrogens with one attached hydrogen (secondary N) is 1. The Balaban J connectivity index is 1.58. The summed E-state index contributed by atoms with van der Waals surface area (Å²) in [5.41, 5.74) is 3.22. The van der Waals surface area contributed by atoms with Gasteiger partial charge in [0.1, 0.15) is 5.92 Å². The minimum atomic E-state index is -0.445. The van der Waals surface area contributed by atoms with Crippen molar-refractivity contribution in [3.8, 4) is 0 Å². The van der Waals surface area contributed by atoms with Crippen molar-refractivity contribution in [2.75, 3.05) is 11.9 Å². The molecule has 1 N–H and O–H groups in total. The second-order valence-electron chi connectivity index (χ2n) is 7.35. The number of amides is 3. The second-order valence-corrected chi connectivity index (χ2v) is 7.79. The molecule has 0 saturated heterocycles. The maximum absolute atomic E-state index is 13.1. The number of halogens is 1. The lowest BCUT2D eigenvalue weighted by molar-refractivity contribution is -0.118. The van der Waals surface area contributed by atoms with Gasteiger partial charge in [-0.25, -0.2) is 9.79 Å². The van der Waals surface area contributed by atoms with Crippen LogP contribution in [0, 0.1) is 12.8 Å². The molecule has 1 atom stereocenters. The lowest BCUT2D eigenvalue weighted by Gasteiger charge is -2.25. The molecule has 0 fully saturated rings. The molecular weight excluding hydrogens is 412 g/mol. The van der Waals surface area contributed by atoms with Crippen molar-refractivity contribution in [1.82, 2.24) is 4.90 Å². The summed E-state index contributed by atoms with van der Waals surface area (Å²) in [6.07, 6.45) is 7.22. The molecule has 0 bridgehead atoms. The first kappa shape index (κ1) is 20.8. The zero-order valence-electron chi connectivity index (χ0n) is 17.0. The van der Waals surface area contributed by atoms with Crippen LogP contribution in [0.3, 0.4) is 0 Å². The number of hydrogen-bond donors (Lipinski definition) is 1. The van der Waals surface area contributed by atoms with Crippen molar-refractivity contribution in [3.05, 3.63) is 89.0 Å². The number of fused-ring (bicyclic) bond motifs is 1. The van der Waals surface area contributed by atoms with Crippen molar-refractivity contribution in [1.29, 1.82) is 0 Å². The molecule has 7 heteroatoms. The molecule has 0 saturated carbocycles. The number of carbonyl (C=O) groups excluding carboxylic acids is 2. The summed E-state index contributed by atoms with van der Waals surface area (Å²) >= 11 is 5.99. The van der Waals surface area contributed by atoms with Gasteiger partial charge in [0.15, 0.2) is 5.84 Å². The number of para-hydroxylation sites is 1. The maximum atomic E-state index is 13.1. The highest BCUT2D eigenvalue weighted by Gasteiger charge is 2.28. The molecule has 1 aliphatic heterocycles. The molecular formula is C24H21ClN4O2. The van der Waals surface area contributed by atoms with E-state index in [1.807, 2.05) is 55.5 Å². The zero-order valence-corrected chi connectivity index (χ0v) is 17.7. The number of urea groups is 1. The number of aryl methyl sites for hydroxylation is 1. The van der Waals surface area contributed by atoms with Crippen LogP contribution in [0.5, 0.6) is 0 Å². The van der Waals surface area contributed by atoms with Gasteiger partial charge in [-0.2, -0.15) is 4.99 Å². The van der Waals surface area contributed by atoms with Gasteiger partial charge in [-0.15, -0.1) is 0 Å². The number of anilines is 1. The summed E-state index contributed by atoms with van der Waals surface area (Å²) in [6, 6.07) is 14.5. The van der Waals surface area contributed by atoms with E-state index in [-0.39, 0.29) is 18.5 Å². The first-order chi connectivity index (χ1) is 15.0. The summed E-state index contributed by atoms with van der Waals surface area (Å²) < 4.78 is 0. The molecule has 0 radical (unpaired) electrons. The Kier molecular flexibility index (Phi) is 6.09. The van der Waals surface area contributed by atoms with Gasteiger partial charge in [0.05, 0.1) is 12.3 Å². The normalized spacial score (nSPS) is 17.0. The van der Waals surface area contributed by atoms with E-state index < -0.39 is 5.92 Å². The Morgan fingerprint density at radius 2 is 1.84 bits per heavy atom. The zero-order chi connectivity index (χ0) is 21.8. The van der Waals surface area contributed by atoms with E-state index in [9.17, 15) is 9.59 Å². The molecule has 2 aliphatic rings. The van der Waals surface area contributed by atoms with Gasteiger partial charge in [0, 0.05) is 17.3 Å². The molecule has 4 rings (SSSR count). The van der Waals surface area contributed by atoms with Crippen LogP contribution >= 0.6 is 11.6 Å². The standard InChI is InChI=1S/C24H21ClN4O2/c1-16-6-2-4-8-20(16)27-24(31)29(14-17-10-12-18(25)13-11-17)15-22-26-21-9-5-3-7-19(21)23(30)28-22/h2-13,19H,14-15H2,1H3,(H,27,31). The fourth-order valence-corrected chi connectivity index (χ4v) is 3.50. The molecule has 2 aromatic carbocycles. The monoisotopic (exact) mass is 432 g/mol. The van der Waals surface area contributed by atoms with Crippen LogP contribution in [0.25, 0.3) is 0 Å². The first-order valence-electron chi connectivity index (χ1n) is 9.90. The number of benzene rings is 2. The molecule has 156 valence electrons. The van der Waals surface area contributed by atoms with Crippen molar-refractivity contribution >= 4 is 40.8 Å². The summed E-state index contributed by atoms with van der Waals surface area (Å²) in [5, 5.41) is 3.57. The van der Waals surface area contributed by atoms with Crippen LogP contribution in [0.15, 0.2) is 82.8 Å². The lowest BCUT2D eigenvalue weighted by atomic mass is 9.96. The van der Waals surface area contributed by atoms with E-state index >= 15 is 0 Å². The van der Waals surface area contributed by atoms with Gasteiger partial charge in [-0.05, 0) is 42.3 Å². The van der Waals surface area contributed by atoms with E-state index in [1.165, 1.54) is 0 Å². The van der Waals surface area contributed by atoms with Crippen molar-refractivity contribution in [2.45, 2.75) is 13.5 Å². The number of allylic oxidation sites excluding steroid dienone is 3. The van der Waals surface area contributed by atoms with Crippen molar-refractivity contribution < 1.29 is 9.59 Å². The topological polar surface area (TPSA) is 74.1 Å². The van der Waals surface area contributed by atoms with Crippen LogP contribution in [0.4, 0.5) is 10.5 Å². The average Bonchev–Trinajstić information content (AvgIpc) is 2.76. The number of carbonyl (C=O) groups is 2. The van der Waals surface area contributed by atoms with Crippen LogP contribution in [-0.2, 0) is 11.3 Å². The molecule has 1 heterocycles.